The fraction of sp³-hybridized carbons (Fsp3) is 0.250. The van der Waals surface area contributed by atoms with Crippen LogP contribution in [-0.4, -0.2) is 4.98 Å². The van der Waals surface area contributed by atoms with Crippen molar-refractivity contribution in [2.45, 2.75) is 20.3 Å². The summed E-state index contributed by atoms with van der Waals surface area (Å²) in [5, 5.41) is 1.73. The SMILES string of the molecule is CCc1cc2cc(C)cc(Cl)c2nc1N. The number of aromatic nitrogens is 1. The Kier molecular flexibility index (Phi) is 2.53. The van der Waals surface area contributed by atoms with Crippen LogP contribution in [0.25, 0.3) is 10.9 Å². The topological polar surface area (TPSA) is 38.9 Å². The quantitative estimate of drug-likeness (QED) is 0.801. The predicted molar refractivity (Wildman–Crippen MR) is 65.3 cm³/mol. The lowest BCUT2D eigenvalue weighted by Crippen LogP contribution is -1.97. The summed E-state index contributed by atoms with van der Waals surface area (Å²) in [5.41, 5.74) is 8.84. The molecule has 1 heterocycles. The molecule has 0 aliphatic carbocycles. The lowest BCUT2D eigenvalue weighted by molar-refractivity contribution is 1.13. The van der Waals surface area contributed by atoms with Crippen molar-refractivity contribution >= 4 is 28.3 Å². The van der Waals surface area contributed by atoms with E-state index in [0.29, 0.717) is 10.8 Å². The van der Waals surface area contributed by atoms with Crippen molar-refractivity contribution in [2.24, 2.45) is 0 Å². The Morgan fingerprint density at radius 3 is 2.73 bits per heavy atom. The molecule has 3 heteroatoms. The summed E-state index contributed by atoms with van der Waals surface area (Å²) in [4.78, 5) is 4.33. The summed E-state index contributed by atoms with van der Waals surface area (Å²) in [6.45, 7) is 4.09. The molecule has 1 aromatic heterocycles. The first kappa shape index (κ1) is 10.2. The van der Waals surface area contributed by atoms with Crippen molar-refractivity contribution in [3.05, 3.63) is 34.3 Å². The number of nitrogen functional groups attached to an aromatic ring is 1. The second-order valence-electron chi connectivity index (χ2n) is 3.70. The van der Waals surface area contributed by atoms with E-state index in [1.165, 1.54) is 0 Å². The molecule has 15 heavy (non-hydrogen) atoms. The van der Waals surface area contributed by atoms with Gasteiger partial charge in [-0.05, 0) is 42.7 Å². The summed E-state index contributed by atoms with van der Waals surface area (Å²) in [6, 6.07) is 6.05. The van der Waals surface area contributed by atoms with Crippen LogP contribution in [-0.2, 0) is 6.42 Å². The Morgan fingerprint density at radius 1 is 1.33 bits per heavy atom. The molecular formula is C12H13ClN2. The number of benzene rings is 1. The van der Waals surface area contributed by atoms with Gasteiger partial charge in [0.15, 0.2) is 0 Å². The molecule has 0 radical (unpaired) electrons. The van der Waals surface area contributed by atoms with Gasteiger partial charge in [0.05, 0.1) is 10.5 Å². The number of pyridine rings is 1. The Morgan fingerprint density at radius 2 is 2.07 bits per heavy atom. The minimum absolute atomic E-state index is 0.579. The Bertz CT molecular complexity index is 521. The number of nitrogens with two attached hydrogens (primary N) is 1. The smallest absolute Gasteiger partial charge is 0.127 e. The van der Waals surface area contributed by atoms with Crippen molar-refractivity contribution in [3.8, 4) is 0 Å². The van der Waals surface area contributed by atoms with Gasteiger partial charge in [0.25, 0.3) is 0 Å². The van der Waals surface area contributed by atoms with Gasteiger partial charge in [-0.15, -0.1) is 0 Å². The van der Waals surface area contributed by atoms with Crippen molar-refractivity contribution in [2.75, 3.05) is 5.73 Å². The molecular weight excluding hydrogens is 208 g/mol. The van der Waals surface area contributed by atoms with Crippen molar-refractivity contribution in [1.82, 2.24) is 4.98 Å². The van der Waals surface area contributed by atoms with Gasteiger partial charge in [-0.2, -0.15) is 0 Å². The molecule has 0 unspecified atom stereocenters. The van der Waals surface area contributed by atoms with Crippen LogP contribution in [0, 0.1) is 6.92 Å². The van der Waals surface area contributed by atoms with Crippen molar-refractivity contribution in [1.29, 1.82) is 0 Å². The average Bonchev–Trinajstić information content (AvgIpc) is 2.18. The van der Waals surface area contributed by atoms with Gasteiger partial charge >= 0.3 is 0 Å². The maximum Gasteiger partial charge on any atom is 0.127 e. The van der Waals surface area contributed by atoms with Gasteiger partial charge in [0.2, 0.25) is 0 Å². The Balaban J connectivity index is 2.81. The standard InChI is InChI=1S/C12H13ClN2/c1-3-8-6-9-4-7(2)5-10(13)11(9)15-12(8)14/h4-6H,3H2,1-2H3,(H2,14,15). The second-order valence-corrected chi connectivity index (χ2v) is 4.11. The maximum atomic E-state index is 6.11. The first-order chi connectivity index (χ1) is 7.11. The minimum Gasteiger partial charge on any atom is -0.383 e. The van der Waals surface area contributed by atoms with Gasteiger partial charge in [-0.1, -0.05) is 18.5 Å². The molecule has 2 aromatic rings. The minimum atomic E-state index is 0.579. The zero-order valence-electron chi connectivity index (χ0n) is 8.84. The van der Waals surface area contributed by atoms with Crippen LogP contribution in [0.1, 0.15) is 18.1 Å². The number of nitrogens with zero attached hydrogens (tertiary/aromatic N) is 1. The number of fused-ring (bicyclic) bond motifs is 1. The fourth-order valence-electron chi connectivity index (χ4n) is 1.73. The van der Waals surface area contributed by atoms with E-state index in [-0.39, 0.29) is 0 Å². The molecule has 0 bridgehead atoms. The summed E-state index contributed by atoms with van der Waals surface area (Å²) < 4.78 is 0. The molecule has 2 nitrogen and oxygen atoms in total. The van der Waals surface area contributed by atoms with E-state index in [2.05, 4.69) is 24.0 Å². The lowest BCUT2D eigenvalue weighted by Gasteiger charge is -2.07. The van der Waals surface area contributed by atoms with Gasteiger partial charge in [-0.3, -0.25) is 0 Å². The molecule has 0 saturated heterocycles. The van der Waals surface area contributed by atoms with Gasteiger partial charge in [-0.25, -0.2) is 4.98 Å². The molecule has 0 amide bonds. The first-order valence-corrected chi connectivity index (χ1v) is 5.35. The third kappa shape index (κ3) is 1.77. The van der Waals surface area contributed by atoms with Crippen LogP contribution >= 0.6 is 11.6 Å². The lowest BCUT2D eigenvalue weighted by atomic mass is 10.1. The van der Waals surface area contributed by atoms with E-state index < -0.39 is 0 Å². The number of hydrogen-bond donors (Lipinski definition) is 1. The van der Waals surface area contributed by atoms with Crippen LogP contribution in [0.3, 0.4) is 0 Å². The fourth-order valence-corrected chi connectivity index (χ4v) is 2.05. The third-order valence-electron chi connectivity index (χ3n) is 2.51. The van der Waals surface area contributed by atoms with E-state index in [0.717, 1.165) is 28.5 Å². The number of anilines is 1. The van der Waals surface area contributed by atoms with Crippen molar-refractivity contribution in [3.63, 3.8) is 0 Å². The van der Waals surface area contributed by atoms with Gasteiger partial charge in [0, 0.05) is 5.39 Å². The molecule has 0 saturated carbocycles. The largest absolute Gasteiger partial charge is 0.383 e. The van der Waals surface area contributed by atoms with E-state index >= 15 is 0 Å². The molecule has 0 spiro atoms. The van der Waals surface area contributed by atoms with E-state index in [4.69, 9.17) is 17.3 Å². The van der Waals surface area contributed by atoms with Crippen LogP contribution in [0.5, 0.6) is 0 Å². The molecule has 0 aliphatic heterocycles. The highest BCUT2D eigenvalue weighted by molar-refractivity contribution is 6.35. The maximum absolute atomic E-state index is 6.11. The summed E-state index contributed by atoms with van der Waals surface area (Å²) in [6.07, 6.45) is 0.889. The number of halogens is 1. The van der Waals surface area contributed by atoms with E-state index in [1.54, 1.807) is 0 Å². The molecule has 2 N–H and O–H groups in total. The highest BCUT2D eigenvalue weighted by atomic mass is 35.5. The average molecular weight is 221 g/mol. The van der Waals surface area contributed by atoms with Crippen LogP contribution < -0.4 is 5.73 Å². The highest BCUT2D eigenvalue weighted by Crippen LogP contribution is 2.26. The first-order valence-electron chi connectivity index (χ1n) is 4.97. The van der Waals surface area contributed by atoms with Crippen LogP contribution in [0.15, 0.2) is 18.2 Å². The monoisotopic (exact) mass is 220 g/mol. The molecule has 1 aromatic carbocycles. The zero-order valence-corrected chi connectivity index (χ0v) is 9.60. The van der Waals surface area contributed by atoms with Gasteiger partial charge < -0.3 is 5.73 Å². The molecule has 0 fully saturated rings. The Labute approximate surface area is 94.1 Å². The predicted octanol–water partition coefficient (Wildman–Crippen LogP) is 3.34. The third-order valence-corrected chi connectivity index (χ3v) is 2.80. The number of hydrogen-bond acceptors (Lipinski definition) is 2. The number of rotatable bonds is 1. The molecule has 2 rings (SSSR count). The van der Waals surface area contributed by atoms with E-state index in [1.807, 2.05) is 13.0 Å². The highest BCUT2D eigenvalue weighted by Gasteiger charge is 2.06. The van der Waals surface area contributed by atoms with E-state index in [9.17, 15) is 0 Å². The second kappa shape index (κ2) is 3.70. The summed E-state index contributed by atoms with van der Waals surface area (Å²) in [7, 11) is 0. The van der Waals surface area contributed by atoms with Crippen LogP contribution in [0.2, 0.25) is 5.02 Å². The summed E-state index contributed by atoms with van der Waals surface area (Å²) >= 11 is 6.11. The molecule has 0 atom stereocenters. The Hall–Kier alpha value is -1.28. The molecule has 78 valence electrons. The number of aryl methyl sites for hydroxylation is 2. The summed E-state index contributed by atoms with van der Waals surface area (Å²) in [5.74, 6) is 0.579. The normalized spacial score (nSPS) is 10.9. The molecule has 0 aliphatic rings. The van der Waals surface area contributed by atoms with Crippen LogP contribution in [0.4, 0.5) is 5.82 Å². The zero-order chi connectivity index (χ0) is 11.0. The van der Waals surface area contributed by atoms with Crippen molar-refractivity contribution < 1.29 is 0 Å². The van der Waals surface area contributed by atoms with Gasteiger partial charge in [0.1, 0.15) is 5.82 Å².